The molecular formula is C56H98N16O13. The quantitative estimate of drug-likeness (QED) is 0.0333. The van der Waals surface area contributed by atoms with E-state index >= 15 is 0 Å². The Bertz CT molecular complexity index is 2320. The first-order valence-electron chi connectivity index (χ1n) is 29.5. The first kappa shape index (κ1) is 74.2. The van der Waals surface area contributed by atoms with E-state index in [1.165, 1.54) is 13.8 Å². The number of hydrogen-bond donors (Lipinski definition) is 18. The number of unbranched alkanes of at least 4 members (excludes halogenated alkanes) is 1. The van der Waals surface area contributed by atoms with Gasteiger partial charge in [0.25, 0.3) is 0 Å². The number of rotatable bonds is 29. The number of nitrogens with one attached hydrogen (secondary N) is 11. The molecule has 0 saturated carbocycles. The fourth-order valence-corrected chi connectivity index (χ4v) is 9.12. The van der Waals surface area contributed by atoms with Crippen LogP contribution in [0.4, 0.5) is 0 Å². The summed E-state index contributed by atoms with van der Waals surface area (Å²) in [6.07, 6.45) is -1.05. The zero-order valence-corrected chi connectivity index (χ0v) is 50.2. The smallest absolute Gasteiger partial charge is 0.245 e. The number of nitrogens with two attached hydrogens (primary N) is 5. The highest BCUT2D eigenvalue weighted by Gasteiger charge is 2.37. The molecule has 1 heterocycles. The lowest BCUT2D eigenvalue weighted by atomic mass is 10.00. The van der Waals surface area contributed by atoms with Gasteiger partial charge in [0.05, 0.1) is 12.2 Å². The van der Waals surface area contributed by atoms with Crippen molar-refractivity contribution in [1.82, 2.24) is 58.5 Å². The monoisotopic (exact) mass is 1200 g/mol. The van der Waals surface area contributed by atoms with Gasteiger partial charge in [-0.25, -0.2) is 0 Å². The lowest BCUT2D eigenvalue weighted by Gasteiger charge is -2.29. The molecule has 23 N–H and O–H groups in total. The van der Waals surface area contributed by atoms with E-state index in [9.17, 15) is 63.0 Å². The van der Waals surface area contributed by atoms with E-state index in [4.69, 9.17) is 28.7 Å². The molecule has 0 unspecified atom stereocenters. The molecule has 1 saturated heterocycles. The van der Waals surface area contributed by atoms with E-state index in [0.717, 1.165) is 19.3 Å². The maximum Gasteiger partial charge on any atom is 0.245 e. The first-order valence-corrected chi connectivity index (χ1v) is 29.5. The minimum atomic E-state index is -1.70. The van der Waals surface area contributed by atoms with Crippen LogP contribution in [-0.2, 0) is 59.2 Å². The van der Waals surface area contributed by atoms with Crippen LogP contribution in [0.5, 0.6) is 0 Å². The van der Waals surface area contributed by atoms with E-state index in [-0.39, 0.29) is 90.0 Å². The molecule has 0 aliphatic carbocycles. The molecule has 1 aromatic rings. The maximum atomic E-state index is 14.5. The van der Waals surface area contributed by atoms with Crippen LogP contribution in [0.2, 0.25) is 0 Å². The van der Waals surface area contributed by atoms with Gasteiger partial charge < -0.3 is 97.4 Å². The molecule has 29 heteroatoms. The van der Waals surface area contributed by atoms with Gasteiger partial charge in [-0.1, -0.05) is 77.3 Å². The predicted molar refractivity (Wildman–Crippen MR) is 316 cm³/mol. The van der Waals surface area contributed by atoms with Gasteiger partial charge in [-0.2, -0.15) is 0 Å². The van der Waals surface area contributed by atoms with Crippen molar-refractivity contribution in [3.8, 4) is 0 Å². The molecule has 0 aromatic heterocycles. The van der Waals surface area contributed by atoms with Gasteiger partial charge in [0.15, 0.2) is 0 Å². The standard InChI is InChI=1S/C56H98N16O13/c1-7-32(4)13-11-12-16-44(75)63-36(17-23-57)51(80)72-46(34(6)74)56(85)68-39(20-26-60)48(77)67-41-22-28-62-55(84)45(33(5)73)71-52(81)40(21-27-61)65-47(76)37(18-24-58)66-53(82)42(29-31(2)3)69-54(83)43(30-35-14-9-8-10-15-35)70-49(78)38(19-25-59)64-50(41)79/h8-10,14-15,31-34,36-43,45-46,73-74H,7,11-13,16-30,57-61H2,1-6H3,(H,62,84)(H,63,75)(H,64,79)(H,65,76)(H,66,82)(H,67,77)(H,68,85)(H,69,83)(H,70,78)(H,71,81)(H,72,80)/t32-,33-,34-,36+,37+,38+,39+,40-,41+,42+,43+,45+,46+/m1/s1. The number of hydrogen-bond acceptors (Lipinski definition) is 18. The Morgan fingerprint density at radius 2 is 1.06 bits per heavy atom. The van der Waals surface area contributed by atoms with Crippen LogP contribution < -0.4 is 87.2 Å². The molecule has 85 heavy (non-hydrogen) atoms. The van der Waals surface area contributed by atoms with Crippen LogP contribution in [0.25, 0.3) is 0 Å². The fourth-order valence-electron chi connectivity index (χ4n) is 9.12. The van der Waals surface area contributed by atoms with Crippen LogP contribution in [0.3, 0.4) is 0 Å². The van der Waals surface area contributed by atoms with Gasteiger partial charge in [0.2, 0.25) is 65.0 Å². The second-order valence-corrected chi connectivity index (χ2v) is 22.0. The van der Waals surface area contributed by atoms with Crippen molar-refractivity contribution in [3.63, 3.8) is 0 Å². The van der Waals surface area contributed by atoms with E-state index in [2.05, 4.69) is 72.3 Å². The molecule has 11 amide bonds. The summed E-state index contributed by atoms with van der Waals surface area (Å²) in [4.78, 5) is 154. The van der Waals surface area contributed by atoms with Gasteiger partial charge in [0.1, 0.15) is 60.4 Å². The zero-order chi connectivity index (χ0) is 63.8. The molecule has 0 radical (unpaired) electrons. The van der Waals surface area contributed by atoms with Crippen molar-refractivity contribution in [2.45, 2.75) is 198 Å². The molecule has 1 aliphatic rings. The molecule has 1 aromatic carbocycles. The third kappa shape index (κ3) is 26.9. The van der Waals surface area contributed by atoms with Gasteiger partial charge >= 0.3 is 0 Å². The first-order chi connectivity index (χ1) is 40.3. The number of amides is 11. The Hall–Kier alpha value is -6.89. The van der Waals surface area contributed by atoms with E-state index in [0.29, 0.717) is 17.9 Å². The normalized spacial score (nSPS) is 22.9. The lowest BCUT2D eigenvalue weighted by Crippen LogP contribution is -2.62. The second kappa shape index (κ2) is 39.7. The average Bonchev–Trinajstić information content (AvgIpc) is 3.67. The predicted octanol–water partition coefficient (Wildman–Crippen LogP) is -5.24. The zero-order valence-electron chi connectivity index (χ0n) is 50.2. The summed E-state index contributed by atoms with van der Waals surface area (Å²) in [5.74, 6) is -9.45. The number of aliphatic hydroxyl groups is 2. The Morgan fingerprint density at radius 3 is 1.56 bits per heavy atom. The number of aliphatic hydroxyl groups excluding tert-OH is 2. The van der Waals surface area contributed by atoms with E-state index in [1.807, 2.05) is 0 Å². The minimum Gasteiger partial charge on any atom is -0.391 e. The van der Waals surface area contributed by atoms with Crippen LogP contribution in [0.15, 0.2) is 30.3 Å². The topological polar surface area (TPSA) is 491 Å². The summed E-state index contributed by atoms with van der Waals surface area (Å²) in [6, 6.07) is -6.23. The summed E-state index contributed by atoms with van der Waals surface area (Å²) in [5, 5.41) is 49.7. The molecule has 1 aliphatic heterocycles. The molecule has 480 valence electrons. The van der Waals surface area contributed by atoms with Gasteiger partial charge in [-0.3, -0.25) is 52.7 Å². The summed E-state index contributed by atoms with van der Waals surface area (Å²) >= 11 is 0. The van der Waals surface area contributed by atoms with Crippen LogP contribution in [-0.4, -0.2) is 187 Å². The van der Waals surface area contributed by atoms with Crippen LogP contribution in [0, 0.1) is 11.8 Å². The highest BCUT2D eigenvalue weighted by molar-refractivity contribution is 5.99. The molecule has 0 bridgehead atoms. The largest absolute Gasteiger partial charge is 0.391 e. The van der Waals surface area contributed by atoms with Crippen LogP contribution >= 0.6 is 0 Å². The van der Waals surface area contributed by atoms with Gasteiger partial charge in [-0.05, 0) is 115 Å². The number of carbonyl (C=O) groups is 11. The molecule has 1 fully saturated rings. The Kier molecular flexibility index (Phi) is 34.6. The maximum absolute atomic E-state index is 14.5. The summed E-state index contributed by atoms with van der Waals surface area (Å²) in [7, 11) is 0. The van der Waals surface area contributed by atoms with Crippen molar-refractivity contribution in [1.29, 1.82) is 0 Å². The average molecular weight is 1200 g/mol. The van der Waals surface area contributed by atoms with E-state index in [1.54, 1.807) is 44.2 Å². The highest BCUT2D eigenvalue weighted by Crippen LogP contribution is 2.14. The Labute approximate surface area is 498 Å². The Morgan fingerprint density at radius 1 is 0.565 bits per heavy atom. The molecule has 0 spiro atoms. The molecule has 2 rings (SSSR count). The third-order valence-electron chi connectivity index (χ3n) is 14.3. The van der Waals surface area contributed by atoms with Crippen molar-refractivity contribution >= 4 is 65.0 Å². The molecule has 29 nitrogen and oxygen atoms in total. The van der Waals surface area contributed by atoms with Crippen molar-refractivity contribution in [2.75, 3.05) is 39.3 Å². The lowest BCUT2D eigenvalue weighted by molar-refractivity contribution is -0.137. The number of benzene rings is 1. The minimum absolute atomic E-state index is 0.0173. The molecule has 13 atom stereocenters. The third-order valence-corrected chi connectivity index (χ3v) is 14.3. The van der Waals surface area contributed by atoms with Crippen LogP contribution in [0.1, 0.15) is 124 Å². The van der Waals surface area contributed by atoms with Gasteiger partial charge in [0, 0.05) is 19.4 Å². The summed E-state index contributed by atoms with van der Waals surface area (Å²) in [6.45, 7) is 9.00. The number of carbonyl (C=O) groups excluding carboxylic acids is 11. The van der Waals surface area contributed by atoms with Crippen molar-refractivity contribution in [3.05, 3.63) is 35.9 Å². The van der Waals surface area contributed by atoms with Gasteiger partial charge in [-0.15, -0.1) is 0 Å². The van der Waals surface area contributed by atoms with Crippen molar-refractivity contribution < 1.29 is 63.0 Å². The SMILES string of the molecule is CC[C@@H](C)CCCCC(=O)N[C@@H](CCN)C(=O)N[C@H](C(=O)N[C@@H](CCN)C(=O)N[C@H]1CCNC(=O)[C@H]([C@@H](C)O)NC(=O)[C@@H](CCN)NC(=O)[C@H](CCN)NC(=O)[C@H](CC(C)C)NC(=O)[C@H](Cc2ccccc2)NC(=O)[C@H](CCN)NC1=O)[C@@H](C)O. The Balaban J connectivity index is 2.67. The summed E-state index contributed by atoms with van der Waals surface area (Å²) in [5.41, 5.74) is 29.9. The summed E-state index contributed by atoms with van der Waals surface area (Å²) < 4.78 is 0. The second-order valence-electron chi connectivity index (χ2n) is 22.0. The molecular weight excluding hydrogens is 1100 g/mol. The highest BCUT2D eigenvalue weighted by atomic mass is 16.3. The fraction of sp³-hybridized carbons (Fsp3) is 0.696. The van der Waals surface area contributed by atoms with E-state index < -0.39 is 151 Å². The van der Waals surface area contributed by atoms with Crippen molar-refractivity contribution in [2.24, 2.45) is 40.5 Å².